The number of likely N-dealkylation sites (N-methyl/N-ethyl adjacent to an activating group) is 1. The lowest BCUT2D eigenvalue weighted by Crippen LogP contribution is -2.43. The zero-order valence-electron chi connectivity index (χ0n) is 13.9. The van der Waals surface area contributed by atoms with Gasteiger partial charge in [0.1, 0.15) is 0 Å². The first kappa shape index (κ1) is 15.0. The molecule has 5 nitrogen and oxygen atoms in total. The van der Waals surface area contributed by atoms with Gasteiger partial charge in [-0.25, -0.2) is 4.79 Å². The Hall–Kier alpha value is -1.59. The monoisotopic (exact) mass is 314 g/mol. The van der Waals surface area contributed by atoms with Gasteiger partial charge in [0.05, 0.1) is 11.0 Å². The third-order valence-corrected chi connectivity index (χ3v) is 5.69. The van der Waals surface area contributed by atoms with Crippen LogP contribution in [0.15, 0.2) is 29.1 Å². The van der Waals surface area contributed by atoms with Crippen molar-refractivity contribution < 1.29 is 0 Å². The number of nitrogens with zero attached hydrogens (tertiary/aromatic N) is 3. The molecule has 3 heterocycles. The van der Waals surface area contributed by atoms with Gasteiger partial charge in [-0.15, -0.1) is 0 Å². The van der Waals surface area contributed by atoms with Crippen molar-refractivity contribution in [3.8, 4) is 0 Å². The zero-order valence-corrected chi connectivity index (χ0v) is 13.9. The molecule has 1 unspecified atom stereocenters. The van der Waals surface area contributed by atoms with Crippen LogP contribution in [-0.4, -0.2) is 58.6 Å². The van der Waals surface area contributed by atoms with Crippen LogP contribution in [0.1, 0.15) is 31.7 Å². The highest BCUT2D eigenvalue weighted by molar-refractivity contribution is 5.75. The maximum absolute atomic E-state index is 12.3. The van der Waals surface area contributed by atoms with E-state index in [0.29, 0.717) is 6.04 Å². The molecule has 2 saturated heterocycles. The predicted molar refractivity (Wildman–Crippen MR) is 92.9 cm³/mol. The molecule has 2 aliphatic heterocycles. The van der Waals surface area contributed by atoms with Gasteiger partial charge in [-0.1, -0.05) is 12.1 Å². The fourth-order valence-corrected chi connectivity index (χ4v) is 4.30. The van der Waals surface area contributed by atoms with Gasteiger partial charge in [0.25, 0.3) is 0 Å². The van der Waals surface area contributed by atoms with Crippen LogP contribution >= 0.6 is 0 Å². The molecule has 0 saturated carbocycles. The molecule has 2 aliphatic rings. The van der Waals surface area contributed by atoms with Gasteiger partial charge >= 0.3 is 5.69 Å². The van der Waals surface area contributed by atoms with E-state index in [1.165, 1.54) is 25.9 Å². The van der Waals surface area contributed by atoms with Gasteiger partial charge in [-0.2, -0.15) is 0 Å². The molecule has 1 aromatic carbocycles. The predicted octanol–water partition coefficient (Wildman–Crippen LogP) is 2.06. The van der Waals surface area contributed by atoms with Crippen LogP contribution in [0.2, 0.25) is 0 Å². The number of benzene rings is 1. The number of nitrogens with one attached hydrogen (secondary N) is 1. The first-order valence-electron chi connectivity index (χ1n) is 8.84. The summed E-state index contributed by atoms with van der Waals surface area (Å²) in [7, 11) is 2.25. The van der Waals surface area contributed by atoms with E-state index in [2.05, 4.69) is 21.8 Å². The SMILES string of the molecule is CN1CCCC1CN1CCC(n2c(=O)[nH]c3ccccc32)CC1. The average Bonchev–Trinajstić information content (AvgIpc) is 3.11. The lowest BCUT2D eigenvalue weighted by molar-refractivity contribution is 0.146. The smallest absolute Gasteiger partial charge is 0.306 e. The number of imidazole rings is 1. The third kappa shape index (κ3) is 2.83. The summed E-state index contributed by atoms with van der Waals surface area (Å²) in [6.07, 6.45) is 4.80. The van der Waals surface area contributed by atoms with Gasteiger partial charge in [0.15, 0.2) is 0 Å². The average molecular weight is 314 g/mol. The summed E-state index contributed by atoms with van der Waals surface area (Å²) in [4.78, 5) is 20.4. The van der Waals surface area contributed by atoms with Crippen LogP contribution in [-0.2, 0) is 0 Å². The summed E-state index contributed by atoms with van der Waals surface area (Å²) in [6, 6.07) is 9.07. The maximum Gasteiger partial charge on any atom is 0.326 e. The molecule has 1 N–H and O–H groups in total. The molecule has 0 radical (unpaired) electrons. The molecule has 2 fully saturated rings. The fourth-order valence-electron chi connectivity index (χ4n) is 4.30. The van der Waals surface area contributed by atoms with E-state index in [4.69, 9.17) is 0 Å². The van der Waals surface area contributed by atoms with Crippen LogP contribution < -0.4 is 5.69 Å². The Morgan fingerprint density at radius 2 is 1.91 bits per heavy atom. The van der Waals surface area contributed by atoms with E-state index in [9.17, 15) is 4.79 Å². The number of hydrogen-bond donors (Lipinski definition) is 1. The Morgan fingerprint density at radius 1 is 1.13 bits per heavy atom. The molecular weight excluding hydrogens is 288 g/mol. The molecule has 0 bridgehead atoms. The lowest BCUT2D eigenvalue weighted by atomic mass is 10.0. The second-order valence-electron chi connectivity index (χ2n) is 7.13. The van der Waals surface area contributed by atoms with Crippen LogP contribution in [0, 0.1) is 0 Å². The van der Waals surface area contributed by atoms with Crippen molar-refractivity contribution in [2.45, 2.75) is 37.8 Å². The number of rotatable bonds is 3. The normalized spacial score (nSPS) is 24.7. The second kappa shape index (κ2) is 6.13. The Bertz CT molecular complexity index is 726. The minimum absolute atomic E-state index is 0.0418. The summed E-state index contributed by atoms with van der Waals surface area (Å²) >= 11 is 0. The minimum Gasteiger partial charge on any atom is -0.306 e. The molecule has 5 heteroatoms. The number of para-hydroxylation sites is 2. The highest BCUT2D eigenvalue weighted by Crippen LogP contribution is 2.26. The van der Waals surface area contributed by atoms with Crippen LogP contribution in [0.5, 0.6) is 0 Å². The second-order valence-corrected chi connectivity index (χ2v) is 7.13. The molecule has 0 aliphatic carbocycles. The summed E-state index contributed by atoms with van der Waals surface area (Å²) in [5, 5.41) is 0. The Balaban J connectivity index is 1.45. The lowest BCUT2D eigenvalue weighted by Gasteiger charge is -2.35. The summed E-state index contributed by atoms with van der Waals surface area (Å²) in [6.45, 7) is 4.62. The van der Waals surface area contributed by atoms with Crippen molar-refractivity contribution in [2.75, 3.05) is 33.2 Å². The van der Waals surface area contributed by atoms with Crippen molar-refractivity contribution >= 4 is 11.0 Å². The summed E-state index contributed by atoms with van der Waals surface area (Å²) in [5.74, 6) is 0. The maximum atomic E-state index is 12.3. The van der Waals surface area contributed by atoms with Crippen LogP contribution in [0.25, 0.3) is 11.0 Å². The summed E-state index contributed by atoms with van der Waals surface area (Å²) in [5.41, 5.74) is 2.04. The molecule has 124 valence electrons. The highest BCUT2D eigenvalue weighted by Gasteiger charge is 2.27. The number of hydrogen-bond acceptors (Lipinski definition) is 3. The van der Waals surface area contributed by atoms with Gasteiger partial charge in [0.2, 0.25) is 0 Å². The Labute approximate surface area is 136 Å². The van der Waals surface area contributed by atoms with Crippen molar-refractivity contribution in [1.82, 2.24) is 19.4 Å². The van der Waals surface area contributed by atoms with E-state index in [1.54, 1.807) is 0 Å². The van der Waals surface area contributed by atoms with Crippen molar-refractivity contribution in [2.24, 2.45) is 0 Å². The highest BCUT2D eigenvalue weighted by atomic mass is 16.1. The third-order valence-electron chi connectivity index (χ3n) is 5.69. The number of aromatic nitrogens is 2. The summed E-state index contributed by atoms with van der Waals surface area (Å²) < 4.78 is 1.98. The Morgan fingerprint density at radius 3 is 2.65 bits per heavy atom. The molecular formula is C18H26N4O. The Kier molecular flexibility index (Phi) is 3.99. The molecule has 23 heavy (non-hydrogen) atoms. The van der Waals surface area contributed by atoms with E-state index in [1.807, 2.05) is 28.8 Å². The number of likely N-dealkylation sites (tertiary alicyclic amines) is 2. The van der Waals surface area contributed by atoms with E-state index in [-0.39, 0.29) is 5.69 Å². The van der Waals surface area contributed by atoms with Crippen molar-refractivity contribution in [3.63, 3.8) is 0 Å². The number of aromatic amines is 1. The number of fused-ring (bicyclic) bond motifs is 1. The van der Waals surface area contributed by atoms with E-state index in [0.717, 1.165) is 43.0 Å². The van der Waals surface area contributed by atoms with Crippen molar-refractivity contribution in [1.29, 1.82) is 0 Å². The minimum atomic E-state index is 0.0418. The van der Waals surface area contributed by atoms with Gasteiger partial charge in [-0.05, 0) is 51.4 Å². The molecule has 1 atom stereocenters. The molecule has 0 spiro atoms. The fraction of sp³-hybridized carbons (Fsp3) is 0.611. The number of piperidine rings is 1. The number of H-pyrrole nitrogens is 1. The largest absolute Gasteiger partial charge is 0.326 e. The topological polar surface area (TPSA) is 44.3 Å². The first-order chi connectivity index (χ1) is 11.2. The van der Waals surface area contributed by atoms with Gasteiger partial charge in [0, 0.05) is 31.7 Å². The van der Waals surface area contributed by atoms with Crippen LogP contribution in [0.4, 0.5) is 0 Å². The van der Waals surface area contributed by atoms with E-state index < -0.39 is 0 Å². The van der Waals surface area contributed by atoms with Crippen LogP contribution in [0.3, 0.4) is 0 Å². The van der Waals surface area contributed by atoms with Gasteiger partial charge < -0.3 is 14.8 Å². The van der Waals surface area contributed by atoms with E-state index >= 15 is 0 Å². The van der Waals surface area contributed by atoms with Crippen molar-refractivity contribution in [3.05, 3.63) is 34.7 Å². The zero-order chi connectivity index (χ0) is 15.8. The van der Waals surface area contributed by atoms with Gasteiger partial charge in [-0.3, -0.25) is 4.57 Å². The molecule has 0 amide bonds. The standard InChI is InChI=1S/C18H26N4O/c1-20-10-4-5-15(20)13-21-11-8-14(9-12-21)22-17-7-3-2-6-16(17)19-18(22)23/h2-3,6-7,14-15H,4-5,8-13H2,1H3,(H,19,23). The molecule has 4 rings (SSSR count). The first-order valence-corrected chi connectivity index (χ1v) is 8.84. The molecule has 2 aromatic rings. The molecule has 1 aromatic heterocycles. The quantitative estimate of drug-likeness (QED) is 0.943.